The summed E-state index contributed by atoms with van der Waals surface area (Å²) in [5, 5.41) is 4.62. The minimum absolute atomic E-state index is 0.299. The molecule has 0 aliphatic carbocycles. The normalized spacial score (nSPS) is 12.0. The number of hydrogen-bond acceptors (Lipinski definition) is 6. The second kappa shape index (κ2) is 7.93. The molecule has 1 amide bonds. The van der Waals surface area contributed by atoms with Crippen LogP contribution in [0, 0.1) is 0 Å². The first-order valence-corrected chi connectivity index (χ1v) is 7.98. The van der Waals surface area contributed by atoms with Crippen LogP contribution in [0.15, 0.2) is 11.5 Å². The number of aromatic nitrogens is 1. The minimum Gasteiger partial charge on any atom is -0.462 e. The Hall–Kier alpha value is -1.89. The number of nitrogens with one attached hydrogen (secondary N) is 1. The van der Waals surface area contributed by atoms with Crippen molar-refractivity contribution in [2.75, 3.05) is 11.9 Å². The van der Waals surface area contributed by atoms with Crippen molar-refractivity contribution in [3.05, 3.63) is 17.2 Å². The van der Waals surface area contributed by atoms with E-state index in [-0.39, 0.29) is 0 Å². The number of anilines is 1. The number of amides is 1. The van der Waals surface area contributed by atoms with Crippen molar-refractivity contribution in [1.82, 2.24) is 4.98 Å². The van der Waals surface area contributed by atoms with Gasteiger partial charge in [-0.2, -0.15) is 0 Å². The van der Waals surface area contributed by atoms with Crippen LogP contribution in [-0.4, -0.2) is 29.3 Å². The minimum atomic E-state index is -0.581. The highest BCUT2D eigenvalue weighted by molar-refractivity contribution is 7.14. The molecule has 22 heavy (non-hydrogen) atoms. The molecule has 0 aliphatic rings. The lowest BCUT2D eigenvalue weighted by Crippen LogP contribution is -2.27. The van der Waals surface area contributed by atoms with Crippen LogP contribution in [0.1, 0.15) is 46.7 Å². The monoisotopic (exact) mass is 326 g/mol. The Labute approximate surface area is 134 Å². The van der Waals surface area contributed by atoms with Crippen LogP contribution in [0.25, 0.3) is 5.57 Å². The van der Waals surface area contributed by atoms with Crippen molar-refractivity contribution in [3.8, 4) is 0 Å². The summed E-state index contributed by atoms with van der Waals surface area (Å²) in [7, 11) is 0. The molecule has 0 saturated heterocycles. The SMILES string of the molecule is CC/C=C(/C(=O)OCC)c1csc(NC(=O)OC(C)(C)C)n1. The van der Waals surface area contributed by atoms with Crippen LogP contribution in [0.5, 0.6) is 0 Å². The van der Waals surface area contributed by atoms with Gasteiger partial charge < -0.3 is 9.47 Å². The molecule has 1 heterocycles. The van der Waals surface area contributed by atoms with Gasteiger partial charge in [-0.15, -0.1) is 11.3 Å². The van der Waals surface area contributed by atoms with Gasteiger partial charge in [-0.3, -0.25) is 5.32 Å². The molecule has 0 saturated carbocycles. The number of esters is 1. The average Bonchev–Trinajstić information content (AvgIpc) is 2.81. The third kappa shape index (κ3) is 5.85. The van der Waals surface area contributed by atoms with E-state index in [1.165, 1.54) is 11.3 Å². The highest BCUT2D eigenvalue weighted by atomic mass is 32.1. The Kier molecular flexibility index (Phi) is 6.55. The zero-order chi connectivity index (χ0) is 16.8. The van der Waals surface area contributed by atoms with Crippen molar-refractivity contribution >= 4 is 34.1 Å². The largest absolute Gasteiger partial charge is 0.462 e. The molecular weight excluding hydrogens is 304 g/mol. The maximum Gasteiger partial charge on any atom is 0.413 e. The van der Waals surface area contributed by atoms with Gasteiger partial charge in [0, 0.05) is 5.38 Å². The summed E-state index contributed by atoms with van der Waals surface area (Å²) in [4.78, 5) is 27.9. The van der Waals surface area contributed by atoms with Gasteiger partial charge in [0.1, 0.15) is 5.60 Å². The van der Waals surface area contributed by atoms with Gasteiger partial charge in [0.15, 0.2) is 5.13 Å². The zero-order valence-electron chi connectivity index (χ0n) is 13.6. The van der Waals surface area contributed by atoms with E-state index in [0.29, 0.717) is 29.4 Å². The number of allylic oxidation sites excluding steroid dienone is 1. The number of thiazole rings is 1. The van der Waals surface area contributed by atoms with Crippen LogP contribution >= 0.6 is 11.3 Å². The molecule has 1 aromatic rings. The van der Waals surface area contributed by atoms with E-state index < -0.39 is 17.7 Å². The predicted octanol–water partition coefficient (Wildman–Crippen LogP) is 3.85. The van der Waals surface area contributed by atoms with Crippen LogP contribution in [0.4, 0.5) is 9.93 Å². The average molecular weight is 326 g/mol. The predicted molar refractivity (Wildman–Crippen MR) is 86.9 cm³/mol. The van der Waals surface area contributed by atoms with Crippen molar-refractivity contribution in [1.29, 1.82) is 0 Å². The summed E-state index contributed by atoms with van der Waals surface area (Å²) in [6, 6.07) is 0. The second-order valence-electron chi connectivity index (χ2n) is 5.41. The van der Waals surface area contributed by atoms with E-state index in [2.05, 4.69) is 10.3 Å². The van der Waals surface area contributed by atoms with E-state index >= 15 is 0 Å². The van der Waals surface area contributed by atoms with Crippen LogP contribution in [0.3, 0.4) is 0 Å². The molecule has 0 atom stereocenters. The van der Waals surface area contributed by atoms with Gasteiger partial charge in [-0.05, 0) is 34.1 Å². The summed E-state index contributed by atoms with van der Waals surface area (Å²) in [5.41, 5.74) is 0.303. The molecule has 0 fully saturated rings. The summed E-state index contributed by atoms with van der Waals surface area (Å²) < 4.78 is 10.2. The first kappa shape index (κ1) is 18.2. The molecule has 7 heteroatoms. The quantitative estimate of drug-likeness (QED) is 0.657. The van der Waals surface area contributed by atoms with Crippen molar-refractivity contribution in [2.45, 2.75) is 46.6 Å². The first-order chi connectivity index (χ1) is 10.3. The lowest BCUT2D eigenvalue weighted by atomic mass is 10.2. The van der Waals surface area contributed by atoms with E-state index in [0.717, 1.165) is 0 Å². The molecule has 0 aliphatic heterocycles. The summed E-state index contributed by atoms with van der Waals surface area (Å²) in [5.74, 6) is -0.418. The molecule has 1 aromatic heterocycles. The highest BCUT2D eigenvalue weighted by Crippen LogP contribution is 2.23. The molecule has 1 rings (SSSR count). The molecule has 0 radical (unpaired) electrons. The Bertz CT molecular complexity index is 558. The summed E-state index contributed by atoms with van der Waals surface area (Å²) >= 11 is 1.22. The third-order valence-corrected chi connectivity index (χ3v) is 3.05. The number of carbonyl (C=O) groups is 2. The molecule has 122 valence electrons. The van der Waals surface area contributed by atoms with Gasteiger partial charge in [0.05, 0.1) is 17.9 Å². The number of nitrogens with zero attached hydrogens (tertiary/aromatic N) is 1. The Morgan fingerprint density at radius 1 is 1.36 bits per heavy atom. The maximum absolute atomic E-state index is 11.9. The highest BCUT2D eigenvalue weighted by Gasteiger charge is 2.19. The van der Waals surface area contributed by atoms with Crippen molar-refractivity contribution in [2.24, 2.45) is 0 Å². The van der Waals surface area contributed by atoms with Gasteiger partial charge in [0.2, 0.25) is 0 Å². The topological polar surface area (TPSA) is 77.5 Å². The zero-order valence-corrected chi connectivity index (χ0v) is 14.4. The van der Waals surface area contributed by atoms with Crippen LogP contribution in [0.2, 0.25) is 0 Å². The molecule has 6 nitrogen and oxygen atoms in total. The van der Waals surface area contributed by atoms with Gasteiger partial charge in [-0.25, -0.2) is 14.6 Å². The van der Waals surface area contributed by atoms with Gasteiger partial charge in [0.25, 0.3) is 0 Å². The fraction of sp³-hybridized carbons (Fsp3) is 0.533. The standard InChI is InChI=1S/C15H22N2O4S/c1-6-8-10(12(18)20-7-2)11-9-22-13(16-11)17-14(19)21-15(3,4)5/h8-9H,6-7H2,1-5H3,(H,16,17,19)/b10-8+. The summed E-state index contributed by atoms with van der Waals surface area (Å²) in [6.07, 6.45) is 1.86. The molecule has 0 bridgehead atoms. The van der Waals surface area contributed by atoms with Crippen molar-refractivity contribution in [3.63, 3.8) is 0 Å². The summed E-state index contributed by atoms with van der Waals surface area (Å²) in [6.45, 7) is 9.31. The van der Waals surface area contributed by atoms with E-state index in [1.54, 1.807) is 39.2 Å². The maximum atomic E-state index is 11.9. The number of rotatable bonds is 5. The lowest BCUT2D eigenvalue weighted by molar-refractivity contribution is -0.136. The number of carbonyl (C=O) groups excluding carboxylic acids is 2. The van der Waals surface area contributed by atoms with Crippen molar-refractivity contribution < 1.29 is 19.1 Å². The Balaban J connectivity index is 2.83. The number of hydrogen-bond donors (Lipinski definition) is 1. The van der Waals surface area contributed by atoms with E-state index in [9.17, 15) is 9.59 Å². The van der Waals surface area contributed by atoms with Gasteiger partial charge in [-0.1, -0.05) is 13.0 Å². The third-order valence-electron chi connectivity index (χ3n) is 2.29. The molecular formula is C15H22N2O4S. The lowest BCUT2D eigenvalue weighted by Gasteiger charge is -2.18. The second-order valence-corrected chi connectivity index (χ2v) is 6.27. The molecule has 0 unspecified atom stereocenters. The molecule has 0 spiro atoms. The number of ether oxygens (including phenoxy) is 2. The van der Waals surface area contributed by atoms with Crippen LogP contribution < -0.4 is 5.32 Å². The molecule has 1 N–H and O–H groups in total. The fourth-order valence-electron chi connectivity index (χ4n) is 1.55. The van der Waals surface area contributed by atoms with Gasteiger partial charge >= 0.3 is 12.1 Å². The smallest absolute Gasteiger partial charge is 0.413 e. The Morgan fingerprint density at radius 2 is 2.05 bits per heavy atom. The van der Waals surface area contributed by atoms with Crippen LogP contribution in [-0.2, 0) is 14.3 Å². The molecule has 0 aromatic carbocycles. The van der Waals surface area contributed by atoms with E-state index in [1.807, 2.05) is 6.92 Å². The first-order valence-electron chi connectivity index (χ1n) is 7.10. The van der Waals surface area contributed by atoms with E-state index in [4.69, 9.17) is 9.47 Å². The Morgan fingerprint density at radius 3 is 2.59 bits per heavy atom. The fourth-order valence-corrected chi connectivity index (χ4v) is 2.25.